The minimum absolute atomic E-state index is 0.123. The number of fused-ring (bicyclic) bond motifs is 1. The lowest BCUT2D eigenvalue weighted by Crippen LogP contribution is -2.48. The standard InChI is InChI=1S/C16H15ClN4O3S/c17-12-4-1-2-6-14(12)20-8-10-21(11-9-20)25(22,23)15-7-3-5-13-16(15)19-24-18-13/h1-7H,8-11H2. The highest BCUT2D eigenvalue weighted by molar-refractivity contribution is 7.89. The summed E-state index contributed by atoms with van der Waals surface area (Å²) in [5.41, 5.74) is 1.61. The lowest BCUT2D eigenvalue weighted by atomic mass is 10.2. The lowest BCUT2D eigenvalue weighted by Gasteiger charge is -2.35. The van der Waals surface area contributed by atoms with Gasteiger partial charge in [-0.05, 0) is 34.6 Å². The average Bonchev–Trinajstić information content (AvgIpc) is 3.11. The van der Waals surface area contributed by atoms with E-state index in [1.54, 1.807) is 12.1 Å². The van der Waals surface area contributed by atoms with E-state index >= 15 is 0 Å². The fourth-order valence-corrected chi connectivity index (χ4v) is 4.82. The Morgan fingerprint density at radius 1 is 0.960 bits per heavy atom. The monoisotopic (exact) mass is 378 g/mol. The summed E-state index contributed by atoms with van der Waals surface area (Å²) in [5.74, 6) is 0. The number of aromatic nitrogens is 2. The van der Waals surface area contributed by atoms with Gasteiger partial charge >= 0.3 is 0 Å². The van der Waals surface area contributed by atoms with Crippen molar-refractivity contribution in [1.82, 2.24) is 14.6 Å². The van der Waals surface area contributed by atoms with Crippen molar-refractivity contribution in [3.63, 3.8) is 0 Å². The van der Waals surface area contributed by atoms with Crippen molar-refractivity contribution in [2.75, 3.05) is 31.1 Å². The van der Waals surface area contributed by atoms with E-state index in [0.717, 1.165) is 5.69 Å². The molecule has 2 aromatic carbocycles. The molecule has 1 saturated heterocycles. The van der Waals surface area contributed by atoms with E-state index in [-0.39, 0.29) is 10.4 Å². The van der Waals surface area contributed by atoms with E-state index in [1.165, 1.54) is 10.4 Å². The van der Waals surface area contributed by atoms with Gasteiger partial charge in [0.15, 0.2) is 5.52 Å². The molecular weight excluding hydrogens is 364 g/mol. The van der Waals surface area contributed by atoms with Crippen molar-refractivity contribution in [3.05, 3.63) is 47.5 Å². The Labute approximate surface area is 149 Å². The van der Waals surface area contributed by atoms with Gasteiger partial charge in [-0.1, -0.05) is 29.8 Å². The van der Waals surface area contributed by atoms with E-state index < -0.39 is 10.0 Å². The number of rotatable bonds is 3. The SMILES string of the molecule is O=S(=O)(c1cccc2nonc12)N1CCN(c2ccccc2Cl)CC1. The molecule has 7 nitrogen and oxygen atoms in total. The van der Waals surface area contributed by atoms with E-state index in [1.807, 2.05) is 24.3 Å². The van der Waals surface area contributed by atoms with Gasteiger partial charge in [0.05, 0.1) is 10.7 Å². The van der Waals surface area contributed by atoms with Gasteiger partial charge in [0.2, 0.25) is 10.0 Å². The van der Waals surface area contributed by atoms with Crippen molar-refractivity contribution in [3.8, 4) is 0 Å². The second kappa shape index (κ2) is 6.29. The summed E-state index contributed by atoms with van der Waals surface area (Å²) in [6.45, 7) is 1.87. The first-order valence-corrected chi connectivity index (χ1v) is 9.60. The summed E-state index contributed by atoms with van der Waals surface area (Å²) in [6, 6.07) is 12.4. The molecule has 2 heterocycles. The lowest BCUT2D eigenvalue weighted by molar-refractivity contribution is 0.315. The van der Waals surface area contributed by atoms with Gasteiger partial charge in [0, 0.05) is 26.2 Å². The summed E-state index contributed by atoms with van der Waals surface area (Å²) < 4.78 is 32.1. The van der Waals surface area contributed by atoms with E-state index in [0.29, 0.717) is 36.7 Å². The molecule has 0 aliphatic carbocycles. The Morgan fingerprint density at radius 3 is 2.48 bits per heavy atom. The second-order valence-corrected chi connectivity index (χ2v) is 8.04. The van der Waals surface area contributed by atoms with Crippen LogP contribution in [0, 0.1) is 0 Å². The minimum Gasteiger partial charge on any atom is -0.368 e. The molecule has 0 unspecified atom stereocenters. The molecule has 9 heteroatoms. The third-order valence-corrected chi connectivity index (χ3v) is 6.55. The highest BCUT2D eigenvalue weighted by atomic mass is 35.5. The maximum absolute atomic E-state index is 13.0. The van der Waals surface area contributed by atoms with Crippen LogP contribution in [0.4, 0.5) is 5.69 Å². The predicted molar refractivity (Wildman–Crippen MR) is 94.2 cm³/mol. The number of nitrogens with zero attached hydrogens (tertiary/aromatic N) is 4. The van der Waals surface area contributed by atoms with Gasteiger partial charge in [-0.25, -0.2) is 13.0 Å². The Bertz CT molecular complexity index is 1010. The number of sulfonamides is 1. The van der Waals surface area contributed by atoms with Gasteiger partial charge in [0.25, 0.3) is 0 Å². The molecule has 0 spiro atoms. The summed E-state index contributed by atoms with van der Waals surface area (Å²) in [6.07, 6.45) is 0. The first-order chi connectivity index (χ1) is 12.1. The topological polar surface area (TPSA) is 79.5 Å². The molecule has 1 fully saturated rings. The zero-order chi connectivity index (χ0) is 17.4. The third-order valence-electron chi connectivity index (χ3n) is 4.30. The number of anilines is 1. The molecule has 130 valence electrons. The predicted octanol–water partition coefficient (Wildman–Crippen LogP) is 2.39. The zero-order valence-electron chi connectivity index (χ0n) is 13.2. The van der Waals surface area contributed by atoms with Crippen molar-refractivity contribution in [2.24, 2.45) is 0 Å². The molecule has 25 heavy (non-hydrogen) atoms. The summed E-state index contributed by atoms with van der Waals surface area (Å²) in [7, 11) is -3.66. The maximum atomic E-state index is 13.0. The quantitative estimate of drug-likeness (QED) is 0.696. The molecule has 1 aromatic heterocycles. The third kappa shape index (κ3) is 2.86. The highest BCUT2D eigenvalue weighted by Crippen LogP contribution is 2.28. The fourth-order valence-electron chi connectivity index (χ4n) is 3.01. The molecule has 0 N–H and O–H groups in total. The molecule has 1 aliphatic rings. The van der Waals surface area contributed by atoms with Gasteiger partial charge in [-0.3, -0.25) is 0 Å². The molecule has 0 bridgehead atoms. The molecular formula is C16H15ClN4O3S. The van der Waals surface area contributed by atoms with E-state index in [9.17, 15) is 8.42 Å². The van der Waals surface area contributed by atoms with Crippen LogP contribution in [0.25, 0.3) is 11.0 Å². The van der Waals surface area contributed by atoms with E-state index in [2.05, 4.69) is 19.8 Å². The van der Waals surface area contributed by atoms with Crippen LogP contribution in [0.1, 0.15) is 0 Å². The Kier molecular flexibility index (Phi) is 4.10. The van der Waals surface area contributed by atoms with Gasteiger partial charge in [-0.2, -0.15) is 4.31 Å². The number of para-hydroxylation sites is 1. The number of benzene rings is 2. The largest absolute Gasteiger partial charge is 0.368 e. The molecule has 0 amide bonds. The minimum atomic E-state index is -3.66. The Hall–Kier alpha value is -2.16. The summed E-state index contributed by atoms with van der Waals surface area (Å²) in [5, 5.41) is 8.11. The molecule has 0 radical (unpaired) electrons. The van der Waals surface area contributed by atoms with Crippen molar-refractivity contribution in [2.45, 2.75) is 4.90 Å². The number of piperazine rings is 1. The normalized spacial score (nSPS) is 16.4. The van der Waals surface area contributed by atoms with Crippen LogP contribution in [-0.4, -0.2) is 49.2 Å². The molecule has 1 aliphatic heterocycles. The Balaban J connectivity index is 1.58. The van der Waals surface area contributed by atoms with Crippen LogP contribution in [0.5, 0.6) is 0 Å². The molecule has 3 aromatic rings. The van der Waals surface area contributed by atoms with Crippen LogP contribution in [-0.2, 0) is 10.0 Å². The summed E-state index contributed by atoms with van der Waals surface area (Å²) >= 11 is 6.23. The zero-order valence-corrected chi connectivity index (χ0v) is 14.7. The van der Waals surface area contributed by atoms with Gasteiger partial charge in [-0.15, -0.1) is 0 Å². The highest BCUT2D eigenvalue weighted by Gasteiger charge is 2.31. The summed E-state index contributed by atoms with van der Waals surface area (Å²) in [4.78, 5) is 2.21. The van der Waals surface area contributed by atoms with E-state index in [4.69, 9.17) is 11.6 Å². The molecule has 0 saturated carbocycles. The maximum Gasteiger partial charge on any atom is 0.245 e. The van der Waals surface area contributed by atoms with Gasteiger partial charge < -0.3 is 4.90 Å². The fraction of sp³-hybridized carbons (Fsp3) is 0.250. The van der Waals surface area contributed by atoms with Crippen LogP contribution in [0.3, 0.4) is 0 Å². The first kappa shape index (κ1) is 16.3. The first-order valence-electron chi connectivity index (χ1n) is 7.78. The number of hydrogen-bond acceptors (Lipinski definition) is 6. The van der Waals surface area contributed by atoms with Crippen molar-refractivity contribution in [1.29, 1.82) is 0 Å². The van der Waals surface area contributed by atoms with Crippen molar-refractivity contribution < 1.29 is 13.0 Å². The van der Waals surface area contributed by atoms with Gasteiger partial charge in [0.1, 0.15) is 10.4 Å². The molecule has 0 atom stereocenters. The van der Waals surface area contributed by atoms with Crippen LogP contribution in [0.15, 0.2) is 52.0 Å². The second-order valence-electron chi connectivity index (χ2n) is 5.73. The number of halogens is 1. The van der Waals surface area contributed by atoms with Crippen LogP contribution < -0.4 is 4.90 Å². The van der Waals surface area contributed by atoms with Crippen LogP contribution >= 0.6 is 11.6 Å². The Morgan fingerprint density at radius 2 is 1.72 bits per heavy atom. The van der Waals surface area contributed by atoms with Crippen LogP contribution in [0.2, 0.25) is 5.02 Å². The smallest absolute Gasteiger partial charge is 0.245 e. The number of hydrogen-bond donors (Lipinski definition) is 0. The average molecular weight is 379 g/mol. The van der Waals surface area contributed by atoms with Crippen molar-refractivity contribution >= 4 is 38.3 Å². The molecule has 4 rings (SSSR count).